The molecule has 2 aromatic heterocycles. The fourth-order valence-electron chi connectivity index (χ4n) is 3.36. The number of benzene rings is 1. The molecule has 3 aromatic rings. The smallest absolute Gasteiger partial charge is 0.280 e. The summed E-state index contributed by atoms with van der Waals surface area (Å²) < 4.78 is 0. The van der Waals surface area contributed by atoms with Crippen LogP contribution in [0.5, 0.6) is 0 Å². The Bertz CT molecular complexity index is 917. The molecule has 5 nitrogen and oxygen atoms in total. The first-order valence-corrected chi connectivity index (χ1v) is 9.66. The van der Waals surface area contributed by atoms with E-state index in [4.69, 9.17) is 0 Å². The van der Waals surface area contributed by atoms with Crippen molar-refractivity contribution < 1.29 is 4.79 Å². The molecule has 0 aliphatic carbocycles. The molecule has 0 saturated carbocycles. The molecule has 0 atom stereocenters. The van der Waals surface area contributed by atoms with Gasteiger partial charge in [0.05, 0.1) is 0 Å². The van der Waals surface area contributed by atoms with Crippen LogP contribution in [0.25, 0.3) is 10.3 Å². The second kappa shape index (κ2) is 6.78. The Kier molecular flexibility index (Phi) is 4.46. The van der Waals surface area contributed by atoms with Gasteiger partial charge in [-0.05, 0) is 43.5 Å². The molecule has 0 radical (unpaired) electrons. The van der Waals surface area contributed by atoms with Gasteiger partial charge < -0.3 is 5.32 Å². The quantitative estimate of drug-likeness (QED) is 0.770. The topological polar surface area (TPSA) is 58.1 Å². The van der Waals surface area contributed by atoms with Gasteiger partial charge in [0.15, 0.2) is 5.01 Å². The SMILES string of the molecule is CC(C)(CNC(=O)c1nc2cccnc2s1)N1CCc2ccccc2C1. The van der Waals surface area contributed by atoms with Crippen molar-refractivity contribution in [3.8, 4) is 0 Å². The van der Waals surface area contributed by atoms with E-state index in [1.807, 2.05) is 12.1 Å². The summed E-state index contributed by atoms with van der Waals surface area (Å²) in [5.74, 6) is -0.126. The highest BCUT2D eigenvalue weighted by molar-refractivity contribution is 7.19. The van der Waals surface area contributed by atoms with Gasteiger partial charge in [-0.15, -0.1) is 0 Å². The summed E-state index contributed by atoms with van der Waals surface area (Å²) in [5, 5.41) is 3.53. The summed E-state index contributed by atoms with van der Waals surface area (Å²) in [6, 6.07) is 12.3. The normalized spacial score (nSPS) is 15.0. The summed E-state index contributed by atoms with van der Waals surface area (Å²) in [6.07, 6.45) is 2.77. The zero-order valence-electron chi connectivity index (χ0n) is 15.0. The van der Waals surface area contributed by atoms with Crippen molar-refractivity contribution in [1.82, 2.24) is 20.2 Å². The maximum Gasteiger partial charge on any atom is 0.280 e. The van der Waals surface area contributed by atoms with E-state index < -0.39 is 0 Å². The van der Waals surface area contributed by atoms with Gasteiger partial charge in [-0.25, -0.2) is 9.97 Å². The molecule has 1 aliphatic rings. The van der Waals surface area contributed by atoms with Crippen LogP contribution in [-0.4, -0.2) is 39.4 Å². The average Bonchev–Trinajstić information content (AvgIpc) is 3.10. The highest BCUT2D eigenvalue weighted by Gasteiger charge is 2.30. The van der Waals surface area contributed by atoms with Crippen molar-refractivity contribution in [2.75, 3.05) is 13.1 Å². The minimum atomic E-state index is -0.127. The lowest BCUT2D eigenvalue weighted by Crippen LogP contribution is -2.53. The molecular weight excluding hydrogens is 344 g/mol. The van der Waals surface area contributed by atoms with E-state index in [9.17, 15) is 4.79 Å². The summed E-state index contributed by atoms with van der Waals surface area (Å²) in [6.45, 7) is 6.87. The zero-order valence-corrected chi connectivity index (χ0v) is 15.8. The maximum absolute atomic E-state index is 12.5. The number of fused-ring (bicyclic) bond motifs is 2. The van der Waals surface area contributed by atoms with E-state index in [2.05, 4.69) is 58.3 Å². The lowest BCUT2D eigenvalue weighted by Gasteiger charge is -2.41. The van der Waals surface area contributed by atoms with Gasteiger partial charge in [0, 0.05) is 31.4 Å². The summed E-state index contributed by atoms with van der Waals surface area (Å²) in [7, 11) is 0. The summed E-state index contributed by atoms with van der Waals surface area (Å²) in [4.78, 5) is 24.4. The first-order valence-electron chi connectivity index (χ1n) is 8.84. The van der Waals surface area contributed by atoms with Crippen LogP contribution >= 0.6 is 11.3 Å². The van der Waals surface area contributed by atoms with Crippen molar-refractivity contribution in [2.45, 2.75) is 32.4 Å². The molecule has 0 saturated heterocycles. The van der Waals surface area contributed by atoms with Gasteiger partial charge in [0.2, 0.25) is 0 Å². The Balaban J connectivity index is 1.42. The summed E-state index contributed by atoms with van der Waals surface area (Å²) in [5.41, 5.74) is 3.47. The third kappa shape index (κ3) is 3.34. The van der Waals surface area contributed by atoms with E-state index in [0.29, 0.717) is 11.6 Å². The lowest BCUT2D eigenvalue weighted by atomic mass is 9.94. The van der Waals surface area contributed by atoms with Gasteiger partial charge >= 0.3 is 0 Å². The van der Waals surface area contributed by atoms with Crippen LogP contribution in [0.4, 0.5) is 0 Å². The number of carbonyl (C=O) groups is 1. The minimum Gasteiger partial charge on any atom is -0.348 e. The number of nitrogens with zero attached hydrogens (tertiary/aromatic N) is 3. The third-order valence-corrected chi connectivity index (χ3v) is 6.01. The van der Waals surface area contributed by atoms with Crippen molar-refractivity contribution in [3.05, 3.63) is 58.7 Å². The van der Waals surface area contributed by atoms with E-state index in [-0.39, 0.29) is 11.4 Å². The van der Waals surface area contributed by atoms with Crippen molar-refractivity contribution in [1.29, 1.82) is 0 Å². The number of pyridine rings is 1. The molecule has 4 rings (SSSR count). The first kappa shape index (κ1) is 17.1. The van der Waals surface area contributed by atoms with E-state index in [0.717, 1.165) is 29.9 Å². The van der Waals surface area contributed by atoms with Crippen molar-refractivity contribution in [3.63, 3.8) is 0 Å². The monoisotopic (exact) mass is 366 g/mol. The molecule has 3 heterocycles. The van der Waals surface area contributed by atoms with Gasteiger partial charge in [-0.2, -0.15) is 0 Å². The molecule has 0 spiro atoms. The molecular formula is C20H22N4OS. The van der Waals surface area contributed by atoms with Crippen LogP contribution in [0, 0.1) is 0 Å². The van der Waals surface area contributed by atoms with Crippen molar-refractivity contribution in [2.24, 2.45) is 0 Å². The van der Waals surface area contributed by atoms with Crippen LogP contribution in [0.15, 0.2) is 42.6 Å². The molecule has 26 heavy (non-hydrogen) atoms. The zero-order chi connectivity index (χ0) is 18.1. The third-order valence-electron chi connectivity index (χ3n) is 5.03. The van der Waals surface area contributed by atoms with E-state index in [1.54, 1.807) is 6.20 Å². The second-order valence-corrected chi connectivity index (χ2v) is 8.26. The largest absolute Gasteiger partial charge is 0.348 e. The predicted molar refractivity (Wildman–Crippen MR) is 104 cm³/mol. The molecule has 1 aromatic carbocycles. The molecule has 1 amide bonds. The number of amides is 1. The maximum atomic E-state index is 12.5. The number of hydrogen-bond acceptors (Lipinski definition) is 5. The van der Waals surface area contributed by atoms with Gasteiger partial charge in [-0.1, -0.05) is 35.6 Å². The predicted octanol–water partition coefficient (Wildman–Crippen LogP) is 3.26. The highest BCUT2D eigenvalue weighted by Crippen LogP contribution is 2.25. The van der Waals surface area contributed by atoms with Crippen LogP contribution in [0.3, 0.4) is 0 Å². The Labute approximate surface area is 157 Å². The lowest BCUT2D eigenvalue weighted by molar-refractivity contribution is 0.0826. The van der Waals surface area contributed by atoms with Gasteiger partial charge in [0.1, 0.15) is 10.3 Å². The molecule has 6 heteroatoms. The van der Waals surface area contributed by atoms with Crippen LogP contribution < -0.4 is 5.32 Å². The van der Waals surface area contributed by atoms with Crippen LogP contribution in [0.2, 0.25) is 0 Å². The first-order chi connectivity index (χ1) is 12.5. The number of carbonyl (C=O) groups excluding carboxylic acids is 1. The fraction of sp³-hybridized carbons (Fsp3) is 0.350. The molecule has 0 fully saturated rings. The Morgan fingerprint density at radius 1 is 1.23 bits per heavy atom. The van der Waals surface area contributed by atoms with Gasteiger partial charge in [-0.3, -0.25) is 9.69 Å². The minimum absolute atomic E-state index is 0.126. The number of hydrogen-bond donors (Lipinski definition) is 1. The van der Waals surface area contributed by atoms with Crippen LogP contribution in [0.1, 0.15) is 34.8 Å². The van der Waals surface area contributed by atoms with E-state index in [1.165, 1.54) is 22.5 Å². The second-order valence-electron chi connectivity index (χ2n) is 7.28. The van der Waals surface area contributed by atoms with Gasteiger partial charge in [0.25, 0.3) is 5.91 Å². The highest BCUT2D eigenvalue weighted by atomic mass is 32.1. The Morgan fingerprint density at radius 2 is 2.04 bits per heavy atom. The average molecular weight is 366 g/mol. The molecule has 0 unspecified atom stereocenters. The van der Waals surface area contributed by atoms with Crippen LogP contribution in [-0.2, 0) is 13.0 Å². The number of rotatable bonds is 4. The number of nitrogens with one attached hydrogen (secondary N) is 1. The molecule has 0 bridgehead atoms. The standard InChI is InChI=1S/C20H22N4OS/c1-20(2,24-11-9-14-6-3-4-7-15(14)12-24)13-22-17(25)19-23-16-8-5-10-21-18(16)26-19/h3-8,10H,9,11-13H2,1-2H3,(H,22,25). The molecule has 1 aliphatic heterocycles. The Morgan fingerprint density at radius 3 is 2.85 bits per heavy atom. The van der Waals surface area contributed by atoms with Crippen molar-refractivity contribution >= 4 is 27.6 Å². The van der Waals surface area contributed by atoms with E-state index >= 15 is 0 Å². The fourth-order valence-corrected chi connectivity index (χ4v) is 4.19. The number of aromatic nitrogens is 2. The molecule has 134 valence electrons. The number of thiazole rings is 1. The Hall–Kier alpha value is -2.31. The molecule has 1 N–H and O–H groups in total. The summed E-state index contributed by atoms with van der Waals surface area (Å²) >= 11 is 1.33.